The fraction of sp³-hybridized carbons (Fsp3) is 0.458. The molecular weight excluding hydrogens is 332 g/mol. The number of hydrogen-bond donors (Lipinski definition) is 1. The van der Waals surface area contributed by atoms with Gasteiger partial charge in [-0.1, -0.05) is 36.8 Å². The number of amides is 1. The number of carbonyl (C=O) groups excluding carboxylic acids is 1. The second-order valence-corrected chi connectivity index (χ2v) is 8.11. The van der Waals surface area contributed by atoms with Crippen LogP contribution < -0.4 is 5.32 Å². The summed E-state index contributed by atoms with van der Waals surface area (Å²) in [4.78, 5) is 15.2. The number of piperidine rings is 1. The van der Waals surface area contributed by atoms with Crippen LogP contribution in [0.15, 0.2) is 42.5 Å². The smallest absolute Gasteiger partial charge is 0.251 e. The molecule has 0 radical (unpaired) electrons. The lowest BCUT2D eigenvalue weighted by molar-refractivity contribution is 0.0940. The summed E-state index contributed by atoms with van der Waals surface area (Å²) in [6.07, 6.45) is 7.59. The molecule has 1 heterocycles. The highest BCUT2D eigenvalue weighted by Crippen LogP contribution is 2.25. The number of nitrogens with one attached hydrogen (secondary N) is 1. The van der Waals surface area contributed by atoms with E-state index in [1.807, 2.05) is 12.1 Å². The van der Waals surface area contributed by atoms with E-state index in [-0.39, 0.29) is 11.9 Å². The number of likely N-dealkylation sites (tertiary alicyclic amines) is 1. The van der Waals surface area contributed by atoms with E-state index in [0.717, 1.165) is 12.1 Å². The lowest BCUT2D eigenvalue weighted by Gasteiger charge is -2.26. The predicted molar refractivity (Wildman–Crippen MR) is 110 cm³/mol. The van der Waals surface area contributed by atoms with Gasteiger partial charge in [0, 0.05) is 12.1 Å². The highest BCUT2D eigenvalue weighted by molar-refractivity contribution is 5.94. The Kier molecular flexibility index (Phi) is 5.58. The van der Waals surface area contributed by atoms with Crippen molar-refractivity contribution in [2.24, 2.45) is 0 Å². The molecule has 1 amide bonds. The van der Waals surface area contributed by atoms with Crippen LogP contribution in [0.2, 0.25) is 0 Å². The molecule has 1 aliphatic heterocycles. The number of benzene rings is 2. The maximum Gasteiger partial charge on any atom is 0.251 e. The third kappa shape index (κ3) is 4.41. The molecule has 1 saturated heterocycles. The molecule has 0 spiro atoms. The van der Waals surface area contributed by atoms with E-state index in [0.29, 0.717) is 0 Å². The molecule has 2 aromatic rings. The van der Waals surface area contributed by atoms with Crippen molar-refractivity contribution in [3.63, 3.8) is 0 Å². The third-order valence-corrected chi connectivity index (χ3v) is 6.04. The van der Waals surface area contributed by atoms with Gasteiger partial charge in [-0.05, 0) is 86.5 Å². The normalized spacial score (nSPS) is 18.1. The SMILES string of the molecule is C[C@H](NC(=O)c1ccc(CN2CCCCC2)cc1)c1ccc2c(c1)CCC2. The minimum absolute atomic E-state index is 0.00696. The average molecular weight is 363 g/mol. The molecule has 2 aliphatic rings. The van der Waals surface area contributed by atoms with Gasteiger partial charge >= 0.3 is 0 Å². The minimum Gasteiger partial charge on any atom is -0.346 e. The lowest BCUT2D eigenvalue weighted by atomic mass is 10.0. The highest BCUT2D eigenvalue weighted by Gasteiger charge is 2.16. The minimum atomic E-state index is 0.00696. The van der Waals surface area contributed by atoms with Gasteiger partial charge in [-0.2, -0.15) is 0 Å². The van der Waals surface area contributed by atoms with Gasteiger partial charge in [-0.3, -0.25) is 9.69 Å². The molecule has 1 N–H and O–H groups in total. The maximum absolute atomic E-state index is 12.6. The summed E-state index contributed by atoms with van der Waals surface area (Å²) in [6, 6.07) is 14.8. The summed E-state index contributed by atoms with van der Waals surface area (Å²) in [5, 5.41) is 3.16. The van der Waals surface area contributed by atoms with E-state index in [1.165, 1.54) is 73.9 Å². The Morgan fingerprint density at radius 2 is 1.70 bits per heavy atom. The second kappa shape index (κ2) is 8.26. The fourth-order valence-electron chi connectivity index (χ4n) is 4.36. The van der Waals surface area contributed by atoms with Gasteiger partial charge in [-0.15, -0.1) is 0 Å². The molecule has 4 rings (SSSR count). The number of aryl methyl sites for hydroxylation is 2. The van der Waals surface area contributed by atoms with Gasteiger partial charge in [0.05, 0.1) is 6.04 Å². The van der Waals surface area contributed by atoms with E-state index in [1.54, 1.807) is 0 Å². The van der Waals surface area contributed by atoms with Crippen molar-refractivity contribution in [3.05, 3.63) is 70.3 Å². The number of hydrogen-bond acceptors (Lipinski definition) is 2. The summed E-state index contributed by atoms with van der Waals surface area (Å²) in [5.74, 6) is 0.00696. The molecular formula is C24H30N2O. The first kappa shape index (κ1) is 18.2. The van der Waals surface area contributed by atoms with Gasteiger partial charge in [0.15, 0.2) is 0 Å². The van der Waals surface area contributed by atoms with Crippen molar-refractivity contribution in [2.75, 3.05) is 13.1 Å². The van der Waals surface area contributed by atoms with Gasteiger partial charge < -0.3 is 5.32 Å². The number of nitrogens with zero attached hydrogens (tertiary/aromatic N) is 1. The zero-order valence-corrected chi connectivity index (χ0v) is 16.3. The maximum atomic E-state index is 12.6. The molecule has 0 saturated carbocycles. The Bertz CT molecular complexity index is 791. The molecule has 142 valence electrons. The fourth-order valence-corrected chi connectivity index (χ4v) is 4.36. The molecule has 1 fully saturated rings. The number of carbonyl (C=O) groups is 1. The van der Waals surface area contributed by atoms with Crippen molar-refractivity contribution in [2.45, 2.75) is 58.0 Å². The summed E-state index contributed by atoms with van der Waals surface area (Å²) < 4.78 is 0. The van der Waals surface area contributed by atoms with Crippen molar-refractivity contribution < 1.29 is 4.79 Å². The monoisotopic (exact) mass is 362 g/mol. The summed E-state index contributed by atoms with van der Waals surface area (Å²) in [6.45, 7) is 5.45. The Hall–Kier alpha value is -2.13. The predicted octanol–water partition coefficient (Wildman–Crippen LogP) is 4.65. The third-order valence-electron chi connectivity index (χ3n) is 6.04. The van der Waals surface area contributed by atoms with Crippen LogP contribution in [-0.2, 0) is 19.4 Å². The molecule has 1 aliphatic carbocycles. The highest BCUT2D eigenvalue weighted by atomic mass is 16.1. The zero-order chi connectivity index (χ0) is 18.6. The quantitative estimate of drug-likeness (QED) is 0.839. The molecule has 0 aromatic heterocycles. The molecule has 0 bridgehead atoms. The van der Waals surface area contributed by atoms with Crippen LogP contribution in [0.25, 0.3) is 0 Å². The van der Waals surface area contributed by atoms with E-state index >= 15 is 0 Å². The van der Waals surface area contributed by atoms with Crippen molar-refractivity contribution in [1.82, 2.24) is 10.2 Å². The number of rotatable bonds is 5. The molecule has 0 unspecified atom stereocenters. The van der Waals surface area contributed by atoms with Crippen LogP contribution in [0, 0.1) is 0 Å². The van der Waals surface area contributed by atoms with Crippen molar-refractivity contribution in [1.29, 1.82) is 0 Å². The van der Waals surface area contributed by atoms with Gasteiger partial charge in [0.2, 0.25) is 0 Å². The van der Waals surface area contributed by atoms with Gasteiger partial charge in [0.1, 0.15) is 0 Å². The summed E-state index contributed by atoms with van der Waals surface area (Å²) >= 11 is 0. The van der Waals surface area contributed by atoms with Crippen molar-refractivity contribution >= 4 is 5.91 Å². The summed E-state index contributed by atoms with van der Waals surface area (Å²) in [5.41, 5.74) is 6.16. The lowest BCUT2D eigenvalue weighted by Crippen LogP contribution is -2.29. The largest absolute Gasteiger partial charge is 0.346 e. The molecule has 3 heteroatoms. The van der Waals surface area contributed by atoms with Crippen LogP contribution in [0.1, 0.15) is 71.3 Å². The van der Waals surface area contributed by atoms with E-state index < -0.39 is 0 Å². The Balaban J connectivity index is 1.36. The van der Waals surface area contributed by atoms with Crippen LogP contribution in [0.4, 0.5) is 0 Å². The Labute approximate surface area is 162 Å². The standard InChI is InChI=1S/C24H30N2O/c1-18(22-13-12-20-6-5-7-23(20)16-22)25-24(27)21-10-8-19(9-11-21)17-26-14-3-2-4-15-26/h8-13,16,18H,2-7,14-15,17H2,1H3,(H,25,27)/t18-/m0/s1. The topological polar surface area (TPSA) is 32.3 Å². The molecule has 27 heavy (non-hydrogen) atoms. The van der Waals surface area contributed by atoms with E-state index in [2.05, 4.69) is 47.5 Å². The van der Waals surface area contributed by atoms with Crippen LogP contribution in [0.3, 0.4) is 0 Å². The van der Waals surface area contributed by atoms with Crippen LogP contribution >= 0.6 is 0 Å². The molecule has 2 aromatic carbocycles. The summed E-state index contributed by atoms with van der Waals surface area (Å²) in [7, 11) is 0. The number of fused-ring (bicyclic) bond motifs is 1. The average Bonchev–Trinajstić information content (AvgIpc) is 3.17. The molecule has 1 atom stereocenters. The van der Waals surface area contributed by atoms with Crippen LogP contribution in [-0.4, -0.2) is 23.9 Å². The second-order valence-electron chi connectivity index (χ2n) is 8.11. The van der Waals surface area contributed by atoms with Gasteiger partial charge in [0.25, 0.3) is 5.91 Å². The Morgan fingerprint density at radius 1 is 0.963 bits per heavy atom. The molecule has 3 nitrogen and oxygen atoms in total. The van der Waals surface area contributed by atoms with E-state index in [9.17, 15) is 4.79 Å². The van der Waals surface area contributed by atoms with Crippen LogP contribution in [0.5, 0.6) is 0 Å². The van der Waals surface area contributed by atoms with E-state index in [4.69, 9.17) is 0 Å². The first-order chi connectivity index (χ1) is 13.2. The Morgan fingerprint density at radius 3 is 2.48 bits per heavy atom. The zero-order valence-electron chi connectivity index (χ0n) is 16.3. The van der Waals surface area contributed by atoms with Gasteiger partial charge in [-0.25, -0.2) is 0 Å². The van der Waals surface area contributed by atoms with Crippen molar-refractivity contribution in [3.8, 4) is 0 Å². The first-order valence-electron chi connectivity index (χ1n) is 10.4. The first-order valence-corrected chi connectivity index (χ1v) is 10.4.